The molecule has 0 saturated carbocycles. The molecule has 0 bridgehead atoms. The zero-order valence-electron chi connectivity index (χ0n) is 32.3. The van der Waals surface area contributed by atoms with Gasteiger partial charge >= 0.3 is 0 Å². The van der Waals surface area contributed by atoms with Crippen molar-refractivity contribution in [2.75, 3.05) is 20.0 Å². The van der Waals surface area contributed by atoms with E-state index < -0.39 is 23.6 Å². The molecule has 0 aliphatic carbocycles. The molecule has 0 spiro atoms. The fourth-order valence-corrected chi connectivity index (χ4v) is 8.14. The third-order valence-corrected chi connectivity index (χ3v) is 10.9. The Kier molecular flexibility index (Phi) is 8.53. The minimum atomic E-state index is -0.567. The van der Waals surface area contributed by atoms with E-state index in [2.05, 4.69) is 19.9 Å². The molecule has 10 rings (SSSR count). The molecule has 0 atom stereocenters. The average Bonchev–Trinajstić information content (AvgIpc) is 3.99. The highest BCUT2D eigenvalue weighted by Crippen LogP contribution is 2.38. The second-order valence-corrected chi connectivity index (χ2v) is 14.4. The summed E-state index contributed by atoms with van der Waals surface area (Å²) < 4.78 is 0. The first-order valence-corrected chi connectivity index (χ1v) is 19.3. The molecule has 6 heterocycles. The molecule has 4 aromatic heterocycles. The van der Waals surface area contributed by atoms with Crippen LogP contribution in [0.15, 0.2) is 158 Å². The number of benzene rings is 4. The molecule has 2 aliphatic heterocycles. The van der Waals surface area contributed by atoms with Crippen LogP contribution in [0.25, 0.3) is 44.4 Å². The van der Waals surface area contributed by atoms with Crippen LogP contribution < -0.4 is 30.7 Å². The van der Waals surface area contributed by atoms with Gasteiger partial charge in [0.15, 0.2) is 0 Å². The first-order chi connectivity index (χ1) is 29.3. The molecule has 8 aromatic rings. The van der Waals surface area contributed by atoms with Crippen LogP contribution in [0.3, 0.4) is 0 Å². The Morgan fingerprint density at radius 2 is 0.683 bits per heavy atom. The van der Waals surface area contributed by atoms with E-state index in [4.69, 9.17) is 0 Å². The summed E-state index contributed by atoms with van der Waals surface area (Å²) in [5.74, 6) is -2.27. The molecule has 0 unspecified atom stereocenters. The van der Waals surface area contributed by atoms with Gasteiger partial charge in [-0.25, -0.2) is 20.0 Å². The third kappa shape index (κ3) is 5.53. The number of pyridine rings is 2. The largest absolute Gasteiger partial charge is 0.353 e. The van der Waals surface area contributed by atoms with Crippen LogP contribution in [0.4, 0.5) is 22.7 Å². The summed E-state index contributed by atoms with van der Waals surface area (Å²) in [6.45, 7) is 3.80. The van der Waals surface area contributed by atoms with Gasteiger partial charge in [-0.15, -0.1) is 0 Å². The fraction of sp³-hybridized carbons (Fsp3) is 0.0417. The average molecular weight is 787 g/mol. The predicted molar refractivity (Wildman–Crippen MR) is 230 cm³/mol. The van der Waals surface area contributed by atoms with Gasteiger partial charge in [0, 0.05) is 46.7 Å². The van der Waals surface area contributed by atoms with Gasteiger partial charge in [-0.05, 0) is 85.6 Å². The topological polar surface area (TPSA) is 139 Å². The maximum absolute atomic E-state index is 15.1. The number of aromatic amines is 2. The molecule has 12 heteroatoms. The van der Waals surface area contributed by atoms with Gasteiger partial charge < -0.3 is 9.97 Å². The lowest BCUT2D eigenvalue weighted by Gasteiger charge is -2.27. The number of carbonyl (C=O) groups is 4. The smallest absolute Gasteiger partial charge is 0.285 e. The first kappa shape index (κ1) is 36.0. The number of hydrogen-bond acceptors (Lipinski definition) is 6. The number of aromatic nitrogens is 4. The summed E-state index contributed by atoms with van der Waals surface area (Å²) in [5.41, 5.74) is 5.60. The summed E-state index contributed by atoms with van der Waals surface area (Å²) in [5, 5.41) is 6.82. The molecular weight excluding hydrogens is 753 g/mol. The van der Waals surface area contributed by atoms with E-state index >= 15 is 19.2 Å². The van der Waals surface area contributed by atoms with Gasteiger partial charge in [-0.2, -0.15) is 0 Å². The quantitative estimate of drug-likeness (QED) is 0.197. The summed E-state index contributed by atoms with van der Waals surface area (Å²) >= 11 is 0. The number of nitrogens with zero attached hydrogens (tertiary/aromatic N) is 6. The summed E-state index contributed by atoms with van der Waals surface area (Å²) in [6, 6.07) is 39.6. The Labute approximate surface area is 342 Å². The molecule has 0 radical (unpaired) electrons. The molecule has 2 fully saturated rings. The zero-order valence-corrected chi connectivity index (χ0v) is 32.3. The number of rotatable bonds is 6. The Bertz CT molecular complexity index is 2830. The van der Waals surface area contributed by atoms with Crippen LogP contribution >= 0.6 is 0 Å². The number of aryl methyl sites for hydroxylation is 2. The van der Waals surface area contributed by atoms with Crippen molar-refractivity contribution in [2.45, 2.75) is 13.8 Å². The molecular formula is C48H34N8O4. The molecule has 60 heavy (non-hydrogen) atoms. The number of anilines is 4. The highest BCUT2D eigenvalue weighted by molar-refractivity contribution is 6.54. The lowest BCUT2D eigenvalue weighted by atomic mass is 10.0. The monoisotopic (exact) mass is 786 g/mol. The Hall–Kier alpha value is -8.38. The van der Waals surface area contributed by atoms with Crippen molar-refractivity contribution in [3.8, 4) is 22.5 Å². The highest BCUT2D eigenvalue weighted by atomic mass is 16.2. The van der Waals surface area contributed by atoms with E-state index in [0.29, 0.717) is 56.0 Å². The molecule has 4 amide bonds. The van der Waals surface area contributed by atoms with E-state index in [1.165, 1.54) is 20.0 Å². The normalized spacial score (nSPS) is 14.4. The zero-order chi connectivity index (χ0) is 41.1. The van der Waals surface area contributed by atoms with E-state index in [0.717, 1.165) is 11.1 Å². The van der Waals surface area contributed by atoms with Gasteiger partial charge in [-0.3, -0.25) is 29.1 Å². The molecule has 290 valence electrons. The summed E-state index contributed by atoms with van der Waals surface area (Å²) in [4.78, 5) is 76.1. The predicted octanol–water partition coefficient (Wildman–Crippen LogP) is 6.53. The van der Waals surface area contributed by atoms with Crippen molar-refractivity contribution in [1.29, 1.82) is 0 Å². The number of nitrogens with one attached hydrogen (secondary N) is 2. The number of hydrogen-bond donors (Lipinski definition) is 2. The van der Waals surface area contributed by atoms with E-state index in [-0.39, 0.29) is 21.8 Å². The Morgan fingerprint density at radius 1 is 0.400 bits per heavy atom. The van der Waals surface area contributed by atoms with Crippen LogP contribution in [0.2, 0.25) is 0 Å². The maximum atomic E-state index is 15.1. The molecule has 12 nitrogen and oxygen atoms in total. The Balaban J connectivity index is 1.37. The van der Waals surface area contributed by atoms with Gasteiger partial charge in [-0.1, -0.05) is 72.8 Å². The van der Waals surface area contributed by atoms with Gasteiger partial charge in [0.2, 0.25) is 0 Å². The van der Waals surface area contributed by atoms with Crippen molar-refractivity contribution < 1.29 is 19.2 Å². The van der Waals surface area contributed by atoms with Gasteiger partial charge in [0.05, 0.1) is 44.8 Å². The highest BCUT2D eigenvalue weighted by Gasteiger charge is 2.47. The lowest BCUT2D eigenvalue weighted by molar-refractivity contribution is -0.115. The number of hydrazine groups is 2. The van der Waals surface area contributed by atoms with Gasteiger partial charge in [0.1, 0.15) is 11.1 Å². The van der Waals surface area contributed by atoms with Crippen molar-refractivity contribution in [3.63, 3.8) is 0 Å². The van der Waals surface area contributed by atoms with E-state index in [1.807, 2.05) is 50.2 Å². The first-order valence-electron chi connectivity index (χ1n) is 19.3. The molecule has 4 aromatic carbocycles. The Morgan fingerprint density at radius 3 is 0.950 bits per heavy atom. The van der Waals surface area contributed by atoms with Crippen molar-refractivity contribution in [3.05, 3.63) is 180 Å². The van der Waals surface area contributed by atoms with Crippen molar-refractivity contribution >= 4 is 68.3 Å². The van der Waals surface area contributed by atoms with Crippen LogP contribution in [0.5, 0.6) is 0 Å². The molecule has 2 saturated heterocycles. The van der Waals surface area contributed by atoms with Crippen LogP contribution in [-0.2, 0) is 19.2 Å². The number of amides is 4. The SMILES string of the molecule is Cc1cnccc1-c1[nH]c(=C2C(=O)N(c3ccccc3)N(c3ccccc3)C2=O)c2c(-c3ccncc3C)[nH]c(=C3C(=O)N(c4ccccc4)N(c4ccccc4)C3=O)c12. The number of carbonyl (C=O) groups excluding carboxylic acids is 4. The fourth-order valence-electron chi connectivity index (χ4n) is 8.14. The van der Waals surface area contributed by atoms with Crippen molar-refractivity contribution in [1.82, 2.24) is 19.9 Å². The molecule has 2 N–H and O–H groups in total. The second-order valence-electron chi connectivity index (χ2n) is 14.4. The second kappa shape index (κ2) is 14.2. The summed E-state index contributed by atoms with van der Waals surface area (Å²) in [6.07, 6.45) is 6.72. The van der Waals surface area contributed by atoms with Gasteiger partial charge in [0.25, 0.3) is 23.6 Å². The summed E-state index contributed by atoms with van der Waals surface area (Å²) in [7, 11) is 0. The van der Waals surface area contributed by atoms with E-state index in [9.17, 15) is 0 Å². The third-order valence-electron chi connectivity index (χ3n) is 10.9. The van der Waals surface area contributed by atoms with E-state index in [1.54, 1.807) is 122 Å². The minimum absolute atomic E-state index is 0.130. The number of fused-ring (bicyclic) bond motifs is 1. The minimum Gasteiger partial charge on any atom is -0.353 e. The van der Waals surface area contributed by atoms with Crippen LogP contribution in [0, 0.1) is 13.8 Å². The van der Waals surface area contributed by atoms with Crippen LogP contribution in [-0.4, -0.2) is 43.6 Å². The lowest BCUT2D eigenvalue weighted by Crippen LogP contribution is -2.41. The number of H-pyrrole nitrogens is 2. The number of para-hydroxylation sites is 4. The van der Waals surface area contributed by atoms with Crippen molar-refractivity contribution in [2.24, 2.45) is 0 Å². The standard InChI is InChI=1S/C48H34N8O4/c1-29-27-49-25-23-35(29)41-37-38(44(51-41)40-47(59)55(33-19-11-5-12-20-33)56(48(40)60)34-21-13-6-14-22-34)42(36-24-26-50-28-30(36)2)52-43(37)39-45(57)53(31-15-7-3-8-16-31)54(46(39)58)32-17-9-4-10-18-32/h3-28,51-52H,1-2H3. The maximum Gasteiger partial charge on any atom is 0.285 e. The molecule has 2 aliphatic rings. The van der Waals surface area contributed by atoms with Crippen LogP contribution in [0.1, 0.15) is 11.1 Å².